The second-order valence-electron chi connectivity index (χ2n) is 4.59. The van der Waals surface area contributed by atoms with E-state index in [0.717, 1.165) is 22.7 Å². The standard InChI is InChI=1S/C16H16N2O3/c1-12-10-14(5-6-16(19)21-9-7-17)13(2)18(12)11-15-4-3-8-20-15/h3-6,8,10H,9,11H2,1-2H3/b6-5+. The molecule has 0 aliphatic carbocycles. The van der Waals surface area contributed by atoms with Crippen molar-refractivity contribution in [3.8, 4) is 6.07 Å². The van der Waals surface area contributed by atoms with Crippen molar-refractivity contribution in [2.75, 3.05) is 6.61 Å². The highest BCUT2D eigenvalue weighted by molar-refractivity contribution is 5.87. The average molecular weight is 284 g/mol. The maximum atomic E-state index is 11.4. The Bertz CT molecular complexity index is 688. The molecule has 108 valence electrons. The van der Waals surface area contributed by atoms with E-state index in [1.807, 2.05) is 32.0 Å². The Balaban J connectivity index is 2.13. The molecule has 0 amide bonds. The minimum Gasteiger partial charge on any atom is -0.467 e. The zero-order valence-electron chi connectivity index (χ0n) is 12.0. The number of nitriles is 1. The highest BCUT2D eigenvalue weighted by Crippen LogP contribution is 2.18. The molecule has 2 heterocycles. The fourth-order valence-electron chi connectivity index (χ4n) is 2.11. The Hall–Kier alpha value is -2.74. The summed E-state index contributed by atoms with van der Waals surface area (Å²) < 4.78 is 12.1. The van der Waals surface area contributed by atoms with E-state index in [1.165, 1.54) is 6.08 Å². The van der Waals surface area contributed by atoms with Crippen LogP contribution in [0.1, 0.15) is 22.7 Å². The van der Waals surface area contributed by atoms with Gasteiger partial charge in [0.2, 0.25) is 0 Å². The average Bonchev–Trinajstić information content (AvgIpc) is 3.07. The summed E-state index contributed by atoms with van der Waals surface area (Å²) in [6, 6.07) is 7.53. The van der Waals surface area contributed by atoms with Gasteiger partial charge in [-0.1, -0.05) is 0 Å². The summed E-state index contributed by atoms with van der Waals surface area (Å²) in [5, 5.41) is 8.34. The van der Waals surface area contributed by atoms with Crippen molar-refractivity contribution in [3.63, 3.8) is 0 Å². The first kappa shape index (κ1) is 14.7. The number of carbonyl (C=O) groups is 1. The van der Waals surface area contributed by atoms with Gasteiger partial charge in [-0.15, -0.1) is 0 Å². The van der Waals surface area contributed by atoms with E-state index in [2.05, 4.69) is 9.30 Å². The lowest BCUT2D eigenvalue weighted by molar-refractivity contribution is -0.136. The van der Waals surface area contributed by atoms with E-state index in [-0.39, 0.29) is 6.61 Å². The molecule has 2 aromatic heterocycles. The van der Waals surface area contributed by atoms with Crippen LogP contribution in [0.25, 0.3) is 6.08 Å². The number of esters is 1. The molecule has 0 aliphatic heterocycles. The number of ether oxygens (including phenoxy) is 1. The van der Waals surface area contributed by atoms with Crippen LogP contribution in [0.5, 0.6) is 0 Å². The number of aromatic nitrogens is 1. The number of nitrogens with zero attached hydrogens (tertiary/aromatic N) is 2. The van der Waals surface area contributed by atoms with Crippen LogP contribution >= 0.6 is 0 Å². The summed E-state index contributed by atoms with van der Waals surface area (Å²) in [6.07, 6.45) is 4.67. The van der Waals surface area contributed by atoms with Crippen molar-refractivity contribution in [2.24, 2.45) is 0 Å². The maximum Gasteiger partial charge on any atom is 0.331 e. The van der Waals surface area contributed by atoms with Crippen molar-refractivity contribution in [1.29, 1.82) is 5.26 Å². The van der Waals surface area contributed by atoms with Crippen molar-refractivity contribution >= 4 is 12.0 Å². The zero-order chi connectivity index (χ0) is 15.2. The van der Waals surface area contributed by atoms with Gasteiger partial charge in [-0.25, -0.2) is 4.79 Å². The zero-order valence-corrected chi connectivity index (χ0v) is 12.0. The first-order chi connectivity index (χ1) is 10.1. The Labute approximate surface area is 123 Å². The Kier molecular flexibility index (Phi) is 4.62. The minimum atomic E-state index is -0.521. The molecule has 0 bridgehead atoms. The molecule has 5 nitrogen and oxygen atoms in total. The molecular formula is C16H16N2O3. The Morgan fingerprint density at radius 3 is 3.00 bits per heavy atom. The van der Waals surface area contributed by atoms with Crippen LogP contribution in [0.2, 0.25) is 0 Å². The molecule has 2 rings (SSSR count). The SMILES string of the molecule is Cc1cc(/C=C/C(=O)OCC#N)c(C)n1Cc1ccco1. The quantitative estimate of drug-likeness (QED) is 0.625. The van der Waals surface area contributed by atoms with Gasteiger partial charge < -0.3 is 13.7 Å². The molecule has 0 aliphatic rings. The molecule has 2 aromatic rings. The molecule has 0 unspecified atom stereocenters. The van der Waals surface area contributed by atoms with Crippen molar-refractivity contribution in [3.05, 3.63) is 53.2 Å². The Morgan fingerprint density at radius 2 is 2.33 bits per heavy atom. The predicted octanol–water partition coefficient (Wildman–Crippen LogP) is 2.83. The van der Waals surface area contributed by atoms with Gasteiger partial charge >= 0.3 is 5.97 Å². The lowest BCUT2D eigenvalue weighted by atomic mass is 10.2. The molecule has 0 atom stereocenters. The molecule has 0 spiro atoms. The molecule has 21 heavy (non-hydrogen) atoms. The first-order valence-corrected chi connectivity index (χ1v) is 6.52. The fourth-order valence-corrected chi connectivity index (χ4v) is 2.11. The number of furan rings is 1. The van der Waals surface area contributed by atoms with E-state index < -0.39 is 5.97 Å². The third kappa shape index (κ3) is 3.63. The van der Waals surface area contributed by atoms with Gasteiger partial charge in [0.15, 0.2) is 6.61 Å². The smallest absolute Gasteiger partial charge is 0.331 e. The number of hydrogen-bond donors (Lipinski definition) is 0. The van der Waals surface area contributed by atoms with Crippen molar-refractivity contribution in [2.45, 2.75) is 20.4 Å². The van der Waals surface area contributed by atoms with E-state index in [1.54, 1.807) is 18.4 Å². The van der Waals surface area contributed by atoms with Crippen LogP contribution in [0, 0.1) is 25.2 Å². The van der Waals surface area contributed by atoms with Gasteiger partial charge in [0.05, 0.1) is 12.8 Å². The number of rotatable bonds is 5. The third-order valence-electron chi connectivity index (χ3n) is 3.18. The molecule has 0 saturated carbocycles. The van der Waals surface area contributed by atoms with Gasteiger partial charge in [0.1, 0.15) is 11.8 Å². The first-order valence-electron chi connectivity index (χ1n) is 6.52. The summed E-state index contributed by atoms with van der Waals surface area (Å²) in [6.45, 7) is 4.40. The van der Waals surface area contributed by atoms with Crippen LogP contribution in [-0.2, 0) is 16.1 Å². The van der Waals surface area contributed by atoms with Crippen LogP contribution < -0.4 is 0 Å². The second kappa shape index (κ2) is 6.62. The molecule has 0 N–H and O–H groups in total. The van der Waals surface area contributed by atoms with Crippen LogP contribution in [0.15, 0.2) is 35.0 Å². The molecule has 0 radical (unpaired) electrons. The van der Waals surface area contributed by atoms with Crippen molar-refractivity contribution in [1.82, 2.24) is 4.57 Å². The summed E-state index contributed by atoms with van der Waals surface area (Å²) in [7, 11) is 0. The molecule has 0 saturated heterocycles. The van der Waals surface area contributed by atoms with E-state index in [4.69, 9.17) is 9.68 Å². The number of carbonyl (C=O) groups excluding carboxylic acids is 1. The van der Waals surface area contributed by atoms with Gasteiger partial charge in [-0.2, -0.15) is 5.26 Å². The highest BCUT2D eigenvalue weighted by Gasteiger charge is 2.09. The van der Waals surface area contributed by atoms with Crippen molar-refractivity contribution < 1.29 is 13.9 Å². The van der Waals surface area contributed by atoms with E-state index >= 15 is 0 Å². The maximum absolute atomic E-state index is 11.4. The summed E-state index contributed by atoms with van der Waals surface area (Å²) in [5.74, 6) is 0.355. The molecule has 5 heteroatoms. The van der Waals surface area contributed by atoms with Crippen LogP contribution in [0.3, 0.4) is 0 Å². The molecular weight excluding hydrogens is 268 g/mol. The lowest BCUT2D eigenvalue weighted by Crippen LogP contribution is -2.03. The number of aryl methyl sites for hydroxylation is 1. The highest BCUT2D eigenvalue weighted by atomic mass is 16.5. The topological polar surface area (TPSA) is 68.2 Å². The summed E-state index contributed by atoms with van der Waals surface area (Å²) >= 11 is 0. The van der Waals surface area contributed by atoms with E-state index in [9.17, 15) is 4.79 Å². The second-order valence-corrected chi connectivity index (χ2v) is 4.59. The van der Waals surface area contributed by atoms with Gasteiger partial charge in [-0.3, -0.25) is 0 Å². The summed E-state index contributed by atoms with van der Waals surface area (Å²) in [5.41, 5.74) is 3.05. The lowest BCUT2D eigenvalue weighted by Gasteiger charge is -2.07. The van der Waals surface area contributed by atoms with E-state index in [0.29, 0.717) is 6.54 Å². The largest absolute Gasteiger partial charge is 0.467 e. The monoisotopic (exact) mass is 284 g/mol. The Morgan fingerprint density at radius 1 is 1.52 bits per heavy atom. The van der Waals surface area contributed by atoms with Crippen LogP contribution in [-0.4, -0.2) is 17.1 Å². The number of hydrogen-bond acceptors (Lipinski definition) is 4. The minimum absolute atomic E-state index is 0.235. The van der Waals surface area contributed by atoms with Gasteiger partial charge in [0, 0.05) is 17.5 Å². The normalized spacial score (nSPS) is 10.7. The van der Waals surface area contributed by atoms with Gasteiger partial charge in [-0.05, 0) is 43.7 Å². The summed E-state index contributed by atoms with van der Waals surface area (Å²) in [4.78, 5) is 11.4. The van der Waals surface area contributed by atoms with Crippen LogP contribution in [0.4, 0.5) is 0 Å². The molecule has 0 fully saturated rings. The molecule has 0 aromatic carbocycles. The fraction of sp³-hybridized carbons (Fsp3) is 0.250. The third-order valence-corrected chi connectivity index (χ3v) is 3.18. The predicted molar refractivity (Wildman–Crippen MR) is 77.3 cm³/mol. The van der Waals surface area contributed by atoms with Gasteiger partial charge in [0.25, 0.3) is 0 Å².